The Morgan fingerprint density at radius 2 is 1.26 bits per heavy atom. The third-order valence-corrected chi connectivity index (χ3v) is 12.6. The van der Waals surface area contributed by atoms with Gasteiger partial charge < -0.3 is 5.32 Å². The number of carbonyl (C=O) groups excluding carboxylic acids is 6. The highest BCUT2D eigenvalue weighted by atomic mass is 32.2. The van der Waals surface area contributed by atoms with Crippen LogP contribution in [0.25, 0.3) is 21.3 Å². The van der Waals surface area contributed by atoms with Crippen LogP contribution < -0.4 is 5.32 Å². The maximum absolute atomic E-state index is 14.3. The van der Waals surface area contributed by atoms with E-state index >= 15 is 0 Å². The molecule has 9 nitrogen and oxygen atoms in total. The molecule has 2 heterocycles. The molecule has 0 bridgehead atoms. The summed E-state index contributed by atoms with van der Waals surface area (Å²) in [4.78, 5) is 89.8. The summed E-state index contributed by atoms with van der Waals surface area (Å²) in [6.45, 7) is 0. The number of amides is 1. The lowest BCUT2D eigenvalue weighted by Crippen LogP contribution is -2.28. The van der Waals surface area contributed by atoms with Crippen LogP contribution in [-0.2, 0) is 0 Å². The van der Waals surface area contributed by atoms with Crippen molar-refractivity contribution in [3.8, 4) is 11.3 Å². The van der Waals surface area contributed by atoms with E-state index in [9.17, 15) is 28.8 Å². The minimum Gasteiger partial charge on any atom is -0.321 e. The molecule has 254 valence electrons. The Hall–Kier alpha value is -6.69. The predicted molar refractivity (Wildman–Crippen MR) is 204 cm³/mol. The fraction of sp³-hybridized carbons (Fsp3) is 0.0233. The van der Waals surface area contributed by atoms with E-state index in [2.05, 4.69) is 9.69 Å². The first-order chi connectivity index (χ1) is 26.3. The normalized spacial score (nSPS) is 16.0. The molecule has 0 atom stereocenters. The largest absolute Gasteiger partial charge is 0.321 e. The van der Waals surface area contributed by atoms with Crippen molar-refractivity contribution < 1.29 is 28.8 Å². The Kier molecular flexibility index (Phi) is 6.25. The fourth-order valence-electron chi connectivity index (χ4n) is 8.07. The molecule has 0 radical (unpaired) electrons. The van der Waals surface area contributed by atoms with Crippen LogP contribution in [0.5, 0.6) is 0 Å². The van der Waals surface area contributed by atoms with E-state index < -0.39 is 17.5 Å². The number of carbonyl (C=O) groups is 6. The van der Waals surface area contributed by atoms with Gasteiger partial charge in [0.15, 0.2) is 28.9 Å². The number of rotatable bonds is 2. The number of aliphatic imine (C=N–C) groups is 1. The van der Waals surface area contributed by atoms with Gasteiger partial charge in [0.1, 0.15) is 0 Å². The van der Waals surface area contributed by atoms with Crippen LogP contribution in [-0.4, -0.2) is 44.9 Å². The molecule has 0 fully saturated rings. The summed E-state index contributed by atoms with van der Waals surface area (Å²) in [6.07, 6.45) is 1.94. The molecule has 0 unspecified atom stereocenters. The maximum Gasteiger partial charge on any atom is 0.257 e. The molecule has 0 spiro atoms. The summed E-state index contributed by atoms with van der Waals surface area (Å²) in [7, 11) is 0. The molecule has 5 aromatic carbocycles. The fourth-order valence-corrected chi connectivity index (χ4v) is 10.2. The lowest BCUT2D eigenvalue weighted by atomic mass is 9.78. The average Bonchev–Trinajstić information content (AvgIpc) is 3.65. The number of nitrogens with one attached hydrogen (secondary N) is 1. The molecule has 1 N–H and O–H groups in total. The highest BCUT2D eigenvalue weighted by Gasteiger charge is 2.42. The van der Waals surface area contributed by atoms with Gasteiger partial charge in [-0.15, -0.1) is 0 Å². The Morgan fingerprint density at radius 1 is 0.648 bits per heavy atom. The summed E-state index contributed by atoms with van der Waals surface area (Å²) >= 11 is 2.30. The summed E-state index contributed by atoms with van der Waals surface area (Å²) in [5.41, 5.74) is 5.12. The third kappa shape index (κ3) is 3.99. The Labute approximate surface area is 313 Å². The first kappa shape index (κ1) is 30.9. The van der Waals surface area contributed by atoms with E-state index in [4.69, 9.17) is 4.99 Å². The average molecular weight is 738 g/mol. The number of Topliss-reactive ketones (excluding diaryl/α,β-unsaturated/α-hetero) is 2. The van der Waals surface area contributed by atoms with Gasteiger partial charge in [-0.2, -0.15) is 4.37 Å². The van der Waals surface area contributed by atoms with Crippen molar-refractivity contribution in [1.82, 2.24) is 4.37 Å². The number of thioether (sulfide) groups is 1. The molecule has 11 rings (SSSR count). The van der Waals surface area contributed by atoms with E-state index in [-0.39, 0.29) is 68.5 Å². The maximum atomic E-state index is 14.3. The van der Waals surface area contributed by atoms with Crippen molar-refractivity contribution >= 4 is 85.3 Å². The lowest BCUT2D eigenvalue weighted by molar-refractivity contribution is 0.0972. The van der Waals surface area contributed by atoms with Gasteiger partial charge in [-0.1, -0.05) is 90.6 Å². The smallest absolute Gasteiger partial charge is 0.257 e. The van der Waals surface area contributed by atoms with Crippen molar-refractivity contribution in [1.29, 1.82) is 0 Å². The molecule has 54 heavy (non-hydrogen) atoms. The van der Waals surface area contributed by atoms with Gasteiger partial charge in [-0.05, 0) is 29.7 Å². The minimum atomic E-state index is -0.566. The number of hydrogen-bond donors (Lipinski definition) is 1. The van der Waals surface area contributed by atoms with Crippen molar-refractivity contribution in [3.05, 3.63) is 163 Å². The lowest BCUT2D eigenvalue weighted by Gasteiger charge is -2.30. The zero-order valence-corrected chi connectivity index (χ0v) is 29.2. The molecule has 6 aromatic rings. The molecule has 11 heteroatoms. The molecule has 1 amide bonds. The number of fused-ring (bicyclic) bond motifs is 9. The molecule has 4 aliphatic carbocycles. The van der Waals surface area contributed by atoms with Gasteiger partial charge in [0.05, 0.1) is 44.2 Å². The number of allylic oxidation sites excluding steroid dienone is 4. The van der Waals surface area contributed by atoms with E-state index in [1.807, 2.05) is 12.1 Å². The zero-order chi connectivity index (χ0) is 36.6. The van der Waals surface area contributed by atoms with Gasteiger partial charge in [0.25, 0.3) is 5.91 Å². The Morgan fingerprint density at radius 3 is 1.96 bits per heavy atom. The molecule has 5 aliphatic rings. The van der Waals surface area contributed by atoms with Crippen LogP contribution in [0.2, 0.25) is 0 Å². The minimum absolute atomic E-state index is 0.0137. The Bertz CT molecular complexity index is 3040. The van der Waals surface area contributed by atoms with Crippen LogP contribution in [0.1, 0.15) is 85.3 Å². The number of nitrogens with zero attached hydrogens (tertiary/aromatic N) is 2. The van der Waals surface area contributed by atoms with Crippen LogP contribution in [0.3, 0.4) is 0 Å². The van der Waals surface area contributed by atoms with E-state index in [1.165, 1.54) is 11.8 Å². The highest BCUT2D eigenvalue weighted by molar-refractivity contribution is 8.04. The van der Waals surface area contributed by atoms with Crippen LogP contribution in [0, 0.1) is 0 Å². The number of hydrogen-bond acceptors (Lipinski definition) is 10. The van der Waals surface area contributed by atoms with E-state index in [0.717, 1.165) is 11.5 Å². The summed E-state index contributed by atoms with van der Waals surface area (Å²) < 4.78 is 5.17. The second-order valence-electron chi connectivity index (χ2n) is 13.3. The molecule has 0 saturated heterocycles. The predicted octanol–water partition coefficient (Wildman–Crippen LogP) is 8.38. The van der Waals surface area contributed by atoms with Crippen LogP contribution >= 0.6 is 23.3 Å². The SMILES string of the molecule is O=C1C2=CCC3=Nc4c(cc(NC(=O)c5ccc6c7c(nsc57)-c5ccccc5C6=O)c5c4C(=O)c4ccccc4C5=O)SC3=C2C(=O)c2ccccc21. The summed E-state index contributed by atoms with van der Waals surface area (Å²) in [5, 5.41) is 3.52. The van der Waals surface area contributed by atoms with Crippen LogP contribution in [0.4, 0.5) is 11.4 Å². The standard InChI is InChI=1S/C43H19N3O6S2/c47-36-19-8-2-1-7-18(19)34-30-24(36)13-14-26(41(30)54-46-34)43(52)45-28-17-29-35(33-32(28)39(50)22-11-5-6-12-23(22)40(33)51)44-27-16-15-25-31(42(27)53-29)38(49)21-10-4-3-9-20(21)37(25)48/h1-15,17H,16H2,(H,45,52). The first-order valence-electron chi connectivity index (χ1n) is 17.0. The van der Waals surface area contributed by atoms with Crippen molar-refractivity contribution in [2.24, 2.45) is 4.99 Å². The van der Waals surface area contributed by atoms with E-state index in [1.54, 1.807) is 84.9 Å². The summed E-state index contributed by atoms with van der Waals surface area (Å²) in [6, 6.07) is 25.3. The van der Waals surface area contributed by atoms with Gasteiger partial charge in [-0.25, -0.2) is 4.99 Å². The molecule has 1 aromatic heterocycles. The summed E-state index contributed by atoms with van der Waals surface area (Å²) in [5.74, 6) is -2.13. The quantitative estimate of drug-likeness (QED) is 0.187. The van der Waals surface area contributed by atoms with Crippen molar-refractivity contribution in [2.45, 2.75) is 11.3 Å². The van der Waals surface area contributed by atoms with E-state index in [0.29, 0.717) is 64.7 Å². The van der Waals surface area contributed by atoms with Crippen molar-refractivity contribution in [2.75, 3.05) is 5.32 Å². The molecule has 1 aliphatic heterocycles. The molecular weight excluding hydrogens is 719 g/mol. The highest BCUT2D eigenvalue weighted by Crippen LogP contribution is 2.52. The third-order valence-electron chi connectivity index (χ3n) is 10.5. The van der Waals surface area contributed by atoms with Gasteiger partial charge in [-0.3, -0.25) is 28.8 Å². The second-order valence-corrected chi connectivity index (χ2v) is 15.2. The first-order valence-corrected chi connectivity index (χ1v) is 18.6. The Balaban J connectivity index is 1.08. The van der Waals surface area contributed by atoms with Gasteiger partial charge in [0, 0.05) is 71.7 Å². The number of aromatic nitrogens is 1. The monoisotopic (exact) mass is 737 g/mol. The zero-order valence-electron chi connectivity index (χ0n) is 27.6. The molecule has 0 saturated carbocycles. The topological polar surface area (TPSA) is 140 Å². The number of ketones is 5. The van der Waals surface area contributed by atoms with Crippen molar-refractivity contribution in [3.63, 3.8) is 0 Å². The van der Waals surface area contributed by atoms with Gasteiger partial charge >= 0.3 is 0 Å². The second kappa shape index (κ2) is 10.9. The van der Waals surface area contributed by atoms with Gasteiger partial charge in [0.2, 0.25) is 0 Å². The number of anilines is 1. The number of benzene rings is 5. The van der Waals surface area contributed by atoms with Crippen LogP contribution in [0.15, 0.2) is 123 Å². The molecular formula is C43H19N3O6S2.